The van der Waals surface area contributed by atoms with Gasteiger partial charge in [-0.1, -0.05) is 41.0 Å². The van der Waals surface area contributed by atoms with Gasteiger partial charge >= 0.3 is 11.9 Å². The molecular weight excluding hydrogens is 280 g/mol. The second-order valence-electron chi connectivity index (χ2n) is 7.38. The van der Waals surface area contributed by atoms with Crippen LogP contribution in [-0.2, 0) is 14.3 Å². The fourth-order valence-corrected chi connectivity index (χ4v) is 3.45. The highest BCUT2D eigenvalue weighted by Crippen LogP contribution is 2.36. The lowest BCUT2D eigenvalue weighted by atomic mass is 9.75. The first-order valence-electron chi connectivity index (χ1n) is 8.69. The lowest BCUT2D eigenvalue weighted by Gasteiger charge is -2.37. The van der Waals surface area contributed by atoms with Gasteiger partial charge in [0, 0.05) is 0 Å². The van der Waals surface area contributed by atoms with Crippen LogP contribution >= 0.6 is 0 Å². The molecule has 0 bridgehead atoms. The summed E-state index contributed by atoms with van der Waals surface area (Å²) in [5, 5.41) is 9.03. The van der Waals surface area contributed by atoms with Crippen LogP contribution in [0.15, 0.2) is 0 Å². The quantitative estimate of drug-likeness (QED) is 0.718. The van der Waals surface area contributed by atoms with Crippen LogP contribution in [0.1, 0.15) is 66.7 Å². The van der Waals surface area contributed by atoms with E-state index < -0.39 is 11.9 Å². The summed E-state index contributed by atoms with van der Waals surface area (Å²) in [4.78, 5) is 23.5. The summed E-state index contributed by atoms with van der Waals surface area (Å²) in [6, 6.07) is 0. The highest BCUT2D eigenvalue weighted by molar-refractivity contribution is 5.75. The third-order valence-corrected chi connectivity index (χ3v) is 5.11. The van der Waals surface area contributed by atoms with E-state index in [-0.39, 0.29) is 18.0 Å². The van der Waals surface area contributed by atoms with Crippen LogP contribution < -0.4 is 0 Å². The van der Waals surface area contributed by atoms with Crippen LogP contribution in [0.4, 0.5) is 0 Å². The topological polar surface area (TPSA) is 63.6 Å². The predicted molar refractivity (Wildman–Crippen MR) is 86.4 cm³/mol. The Kier molecular flexibility index (Phi) is 7.37. The SMILES string of the molecule is CCC(CC(C)C(=O)O)C(=O)OC1CC(C)CCC1C(C)C. The highest BCUT2D eigenvalue weighted by Gasteiger charge is 2.35. The molecule has 0 spiro atoms. The van der Waals surface area contributed by atoms with Gasteiger partial charge in [0.25, 0.3) is 0 Å². The van der Waals surface area contributed by atoms with E-state index in [2.05, 4.69) is 20.8 Å². The zero-order valence-electron chi connectivity index (χ0n) is 14.7. The maximum absolute atomic E-state index is 12.5. The maximum Gasteiger partial charge on any atom is 0.309 e. The van der Waals surface area contributed by atoms with Gasteiger partial charge in [0.2, 0.25) is 0 Å². The minimum absolute atomic E-state index is 0.00886. The fraction of sp³-hybridized carbons (Fsp3) is 0.889. The average Bonchev–Trinajstić information content (AvgIpc) is 2.43. The highest BCUT2D eigenvalue weighted by atomic mass is 16.5. The number of esters is 1. The molecule has 1 aliphatic rings. The van der Waals surface area contributed by atoms with Crippen molar-refractivity contribution in [3.05, 3.63) is 0 Å². The van der Waals surface area contributed by atoms with Gasteiger partial charge in [0.15, 0.2) is 0 Å². The third-order valence-electron chi connectivity index (χ3n) is 5.11. The molecule has 0 aliphatic heterocycles. The Hall–Kier alpha value is -1.06. The van der Waals surface area contributed by atoms with Crippen molar-refractivity contribution in [3.63, 3.8) is 0 Å². The normalized spacial score (nSPS) is 28.2. The van der Waals surface area contributed by atoms with Gasteiger partial charge in [-0.15, -0.1) is 0 Å². The Balaban J connectivity index is 2.68. The number of hydrogen-bond acceptors (Lipinski definition) is 3. The van der Waals surface area contributed by atoms with Crippen molar-refractivity contribution in [2.75, 3.05) is 0 Å². The summed E-state index contributed by atoms with van der Waals surface area (Å²) in [6.45, 7) is 10.2. The molecule has 1 aliphatic carbocycles. The van der Waals surface area contributed by atoms with Crippen LogP contribution in [0.3, 0.4) is 0 Å². The summed E-state index contributed by atoms with van der Waals surface area (Å²) in [7, 11) is 0. The Morgan fingerprint density at radius 3 is 2.36 bits per heavy atom. The molecule has 0 aromatic rings. The number of ether oxygens (including phenoxy) is 1. The van der Waals surface area contributed by atoms with Gasteiger partial charge in [0.1, 0.15) is 6.10 Å². The lowest BCUT2D eigenvalue weighted by molar-refractivity contribution is -0.162. The molecule has 128 valence electrons. The molecule has 0 radical (unpaired) electrons. The number of carbonyl (C=O) groups is 2. The number of carboxylic acid groups (broad SMARTS) is 1. The summed E-state index contributed by atoms with van der Waals surface area (Å²) in [5.74, 6) is -0.360. The minimum Gasteiger partial charge on any atom is -0.481 e. The van der Waals surface area contributed by atoms with Crippen molar-refractivity contribution in [2.45, 2.75) is 72.8 Å². The van der Waals surface area contributed by atoms with Crippen LogP contribution in [0.5, 0.6) is 0 Å². The molecule has 1 fully saturated rings. The molecule has 4 nitrogen and oxygen atoms in total. The summed E-state index contributed by atoms with van der Waals surface area (Å²) in [6.07, 6.45) is 4.22. The number of rotatable bonds is 7. The molecule has 0 amide bonds. The van der Waals surface area contributed by atoms with Gasteiger partial charge < -0.3 is 9.84 Å². The molecule has 1 N–H and O–H groups in total. The molecule has 1 saturated carbocycles. The molecule has 22 heavy (non-hydrogen) atoms. The third kappa shape index (κ3) is 5.29. The Bertz CT molecular complexity index is 377. The summed E-state index contributed by atoms with van der Waals surface area (Å²) in [5.41, 5.74) is 0. The van der Waals surface area contributed by atoms with E-state index in [1.54, 1.807) is 6.92 Å². The van der Waals surface area contributed by atoms with Crippen LogP contribution in [0.2, 0.25) is 0 Å². The summed E-state index contributed by atoms with van der Waals surface area (Å²) < 4.78 is 5.84. The number of carbonyl (C=O) groups excluding carboxylic acids is 1. The largest absolute Gasteiger partial charge is 0.481 e. The lowest BCUT2D eigenvalue weighted by Crippen LogP contribution is -2.37. The number of hydrogen-bond donors (Lipinski definition) is 1. The number of carboxylic acids is 1. The molecule has 0 aromatic carbocycles. The molecular formula is C18H32O4. The minimum atomic E-state index is -0.849. The smallest absolute Gasteiger partial charge is 0.309 e. The fourth-order valence-electron chi connectivity index (χ4n) is 3.45. The van der Waals surface area contributed by atoms with E-state index in [4.69, 9.17) is 9.84 Å². The molecule has 0 saturated heterocycles. The second kappa shape index (κ2) is 8.54. The zero-order valence-corrected chi connectivity index (χ0v) is 14.7. The van der Waals surface area contributed by atoms with E-state index in [9.17, 15) is 9.59 Å². The molecule has 1 rings (SSSR count). The first kappa shape index (κ1) is 19.0. The van der Waals surface area contributed by atoms with E-state index >= 15 is 0 Å². The van der Waals surface area contributed by atoms with E-state index in [1.165, 1.54) is 6.42 Å². The van der Waals surface area contributed by atoms with Crippen molar-refractivity contribution in [3.8, 4) is 0 Å². The summed E-state index contributed by atoms with van der Waals surface area (Å²) >= 11 is 0. The van der Waals surface area contributed by atoms with E-state index in [0.29, 0.717) is 30.6 Å². The standard InChI is InChI=1S/C18H32O4/c1-6-14(10-13(5)17(19)20)18(21)22-16-9-12(4)7-8-15(16)11(2)3/h11-16H,6-10H2,1-5H3,(H,19,20). The van der Waals surface area contributed by atoms with Gasteiger partial charge in [-0.3, -0.25) is 9.59 Å². The van der Waals surface area contributed by atoms with Crippen LogP contribution in [0.25, 0.3) is 0 Å². The van der Waals surface area contributed by atoms with E-state index in [1.807, 2.05) is 6.92 Å². The average molecular weight is 312 g/mol. The van der Waals surface area contributed by atoms with Crippen molar-refractivity contribution < 1.29 is 19.4 Å². The van der Waals surface area contributed by atoms with Gasteiger partial charge in [-0.2, -0.15) is 0 Å². The zero-order chi connectivity index (χ0) is 16.9. The molecule has 0 aromatic heterocycles. The Morgan fingerprint density at radius 2 is 1.86 bits per heavy atom. The van der Waals surface area contributed by atoms with Gasteiger partial charge in [0.05, 0.1) is 11.8 Å². The van der Waals surface area contributed by atoms with Gasteiger partial charge in [-0.05, 0) is 43.4 Å². The van der Waals surface area contributed by atoms with E-state index in [0.717, 1.165) is 12.8 Å². The van der Waals surface area contributed by atoms with Crippen LogP contribution in [-0.4, -0.2) is 23.1 Å². The Labute approximate surface area is 134 Å². The molecule has 4 heteroatoms. The van der Waals surface area contributed by atoms with Crippen LogP contribution in [0, 0.1) is 29.6 Å². The van der Waals surface area contributed by atoms with Crippen molar-refractivity contribution >= 4 is 11.9 Å². The number of aliphatic carboxylic acids is 1. The van der Waals surface area contributed by atoms with Gasteiger partial charge in [-0.25, -0.2) is 0 Å². The van der Waals surface area contributed by atoms with Crippen molar-refractivity contribution in [2.24, 2.45) is 29.6 Å². The first-order chi connectivity index (χ1) is 10.3. The maximum atomic E-state index is 12.5. The monoisotopic (exact) mass is 312 g/mol. The molecule has 0 heterocycles. The van der Waals surface area contributed by atoms with Crippen molar-refractivity contribution in [1.29, 1.82) is 0 Å². The second-order valence-corrected chi connectivity index (χ2v) is 7.38. The molecule has 5 atom stereocenters. The molecule has 5 unspecified atom stereocenters. The predicted octanol–water partition coefficient (Wildman–Crippen LogP) is 4.13. The van der Waals surface area contributed by atoms with Crippen molar-refractivity contribution in [1.82, 2.24) is 0 Å². The Morgan fingerprint density at radius 1 is 1.23 bits per heavy atom. The first-order valence-corrected chi connectivity index (χ1v) is 8.69.